The monoisotopic (exact) mass is 381 g/mol. The van der Waals surface area contributed by atoms with Gasteiger partial charge in [0, 0.05) is 29.5 Å². The molecule has 134 valence electrons. The van der Waals surface area contributed by atoms with Crippen molar-refractivity contribution in [2.75, 3.05) is 19.3 Å². The van der Waals surface area contributed by atoms with Gasteiger partial charge in [0.05, 0.1) is 23.0 Å². The van der Waals surface area contributed by atoms with Gasteiger partial charge in [-0.2, -0.15) is 0 Å². The molecule has 6 nitrogen and oxygen atoms in total. The third-order valence-electron chi connectivity index (χ3n) is 4.36. The lowest BCUT2D eigenvalue weighted by Gasteiger charge is -2.32. The molecular formula is C17H20ClN3O3S. The first-order valence-electron chi connectivity index (χ1n) is 8.06. The molecule has 1 aliphatic heterocycles. The number of fused-ring (bicyclic) bond motifs is 1. The minimum atomic E-state index is -3.22. The van der Waals surface area contributed by atoms with Crippen molar-refractivity contribution in [2.45, 2.75) is 25.8 Å². The lowest BCUT2D eigenvalue weighted by atomic mass is 10.0. The van der Waals surface area contributed by atoms with Crippen LogP contribution in [0.4, 0.5) is 0 Å². The van der Waals surface area contributed by atoms with Crippen molar-refractivity contribution >= 4 is 38.4 Å². The van der Waals surface area contributed by atoms with Gasteiger partial charge in [-0.1, -0.05) is 11.6 Å². The Bertz CT molecular complexity index is 922. The first-order valence-corrected chi connectivity index (χ1v) is 10.3. The first-order chi connectivity index (χ1) is 11.7. The molecule has 0 unspecified atom stereocenters. The van der Waals surface area contributed by atoms with Crippen molar-refractivity contribution in [1.82, 2.24) is 14.6 Å². The number of carbonyl (C=O) groups excluding carboxylic acids is 1. The van der Waals surface area contributed by atoms with Crippen LogP contribution in [-0.2, 0) is 10.0 Å². The van der Waals surface area contributed by atoms with Crippen molar-refractivity contribution in [3.8, 4) is 0 Å². The largest absolute Gasteiger partial charge is 0.338 e. The summed E-state index contributed by atoms with van der Waals surface area (Å²) in [6.45, 7) is 2.84. The Kier molecular flexibility index (Phi) is 4.99. The Morgan fingerprint density at radius 3 is 2.60 bits per heavy atom. The average Bonchev–Trinajstić information content (AvgIpc) is 2.53. The minimum absolute atomic E-state index is 0.0790. The molecule has 1 N–H and O–H groups in total. The fourth-order valence-corrected chi connectivity index (χ4v) is 4.16. The van der Waals surface area contributed by atoms with Gasteiger partial charge in [-0.25, -0.2) is 13.1 Å². The van der Waals surface area contributed by atoms with E-state index in [0.717, 1.165) is 17.2 Å². The Morgan fingerprint density at radius 1 is 1.28 bits per heavy atom. The van der Waals surface area contributed by atoms with Crippen LogP contribution in [0.3, 0.4) is 0 Å². The van der Waals surface area contributed by atoms with E-state index in [2.05, 4.69) is 9.71 Å². The van der Waals surface area contributed by atoms with E-state index in [1.54, 1.807) is 17.0 Å². The van der Waals surface area contributed by atoms with Gasteiger partial charge >= 0.3 is 0 Å². The molecule has 1 fully saturated rings. The number of halogens is 1. The number of piperidine rings is 1. The predicted octanol–water partition coefficient (Wildman–Crippen LogP) is 2.35. The predicted molar refractivity (Wildman–Crippen MR) is 98.4 cm³/mol. The summed E-state index contributed by atoms with van der Waals surface area (Å²) in [5.74, 6) is -0.0790. The zero-order chi connectivity index (χ0) is 18.2. The number of nitrogens with zero attached hydrogens (tertiary/aromatic N) is 2. The van der Waals surface area contributed by atoms with E-state index in [4.69, 9.17) is 11.6 Å². The van der Waals surface area contributed by atoms with Crippen molar-refractivity contribution < 1.29 is 13.2 Å². The van der Waals surface area contributed by atoms with Gasteiger partial charge in [-0.05, 0) is 44.0 Å². The number of amides is 1. The number of likely N-dealkylation sites (tertiary alicyclic amines) is 1. The number of aromatic nitrogens is 1. The average molecular weight is 382 g/mol. The Morgan fingerprint density at radius 2 is 1.96 bits per heavy atom. The number of nitrogens with one attached hydrogen (secondary N) is 1. The number of sulfonamides is 1. The molecule has 1 saturated heterocycles. The molecular weight excluding hydrogens is 362 g/mol. The van der Waals surface area contributed by atoms with Crippen LogP contribution in [0.15, 0.2) is 24.3 Å². The van der Waals surface area contributed by atoms with E-state index in [1.165, 1.54) is 0 Å². The summed E-state index contributed by atoms with van der Waals surface area (Å²) < 4.78 is 25.3. The number of pyridine rings is 1. The topological polar surface area (TPSA) is 79.4 Å². The Labute approximate surface area is 152 Å². The van der Waals surface area contributed by atoms with Crippen molar-refractivity contribution in [3.05, 3.63) is 40.5 Å². The molecule has 0 saturated carbocycles. The van der Waals surface area contributed by atoms with Gasteiger partial charge in [-0.15, -0.1) is 0 Å². The van der Waals surface area contributed by atoms with E-state index >= 15 is 0 Å². The summed E-state index contributed by atoms with van der Waals surface area (Å²) in [5.41, 5.74) is 2.04. The zero-order valence-electron chi connectivity index (χ0n) is 14.1. The van der Waals surface area contributed by atoms with E-state index in [-0.39, 0.29) is 11.9 Å². The minimum Gasteiger partial charge on any atom is -0.338 e. The third-order valence-corrected chi connectivity index (χ3v) is 5.36. The molecule has 0 aliphatic carbocycles. The molecule has 8 heteroatoms. The van der Waals surface area contributed by atoms with Crippen LogP contribution in [0.2, 0.25) is 5.02 Å². The molecule has 1 amide bonds. The van der Waals surface area contributed by atoms with Crippen LogP contribution >= 0.6 is 11.6 Å². The number of hydrogen-bond acceptors (Lipinski definition) is 4. The van der Waals surface area contributed by atoms with Crippen LogP contribution in [0.25, 0.3) is 10.9 Å². The zero-order valence-corrected chi connectivity index (χ0v) is 15.7. The number of benzene rings is 1. The standard InChI is InChI=1S/C17H20ClN3O3S/c1-11-15(10-12-9-13(18)3-4-16(12)19-11)17(22)21-7-5-14(6-8-21)20-25(2,23)24/h3-4,9-10,14,20H,5-8H2,1-2H3. The van der Waals surface area contributed by atoms with E-state index in [0.29, 0.717) is 42.2 Å². The Hall–Kier alpha value is -1.70. The second-order valence-electron chi connectivity index (χ2n) is 6.41. The molecule has 0 radical (unpaired) electrons. The molecule has 1 aromatic carbocycles. The second-order valence-corrected chi connectivity index (χ2v) is 8.63. The van der Waals surface area contributed by atoms with Crippen LogP contribution in [-0.4, -0.2) is 49.6 Å². The third kappa shape index (κ3) is 4.29. The van der Waals surface area contributed by atoms with E-state index in [9.17, 15) is 13.2 Å². The molecule has 1 aromatic heterocycles. The lowest BCUT2D eigenvalue weighted by Crippen LogP contribution is -2.46. The SMILES string of the molecule is Cc1nc2ccc(Cl)cc2cc1C(=O)N1CCC(NS(C)(=O)=O)CC1. The molecule has 0 bridgehead atoms. The highest BCUT2D eigenvalue weighted by Crippen LogP contribution is 2.23. The maximum Gasteiger partial charge on any atom is 0.255 e. The van der Waals surface area contributed by atoms with Crippen LogP contribution < -0.4 is 4.72 Å². The fourth-order valence-electron chi connectivity index (χ4n) is 3.13. The first kappa shape index (κ1) is 18.1. The summed E-state index contributed by atoms with van der Waals surface area (Å²) in [6.07, 6.45) is 2.36. The molecule has 1 aliphatic rings. The molecule has 0 spiro atoms. The van der Waals surface area contributed by atoms with Crippen molar-refractivity contribution in [1.29, 1.82) is 0 Å². The van der Waals surface area contributed by atoms with Gasteiger partial charge in [0.25, 0.3) is 5.91 Å². The van der Waals surface area contributed by atoms with Crippen LogP contribution in [0.1, 0.15) is 28.9 Å². The normalized spacial score (nSPS) is 16.4. The maximum atomic E-state index is 12.9. The van der Waals surface area contributed by atoms with Crippen molar-refractivity contribution in [2.24, 2.45) is 0 Å². The quantitative estimate of drug-likeness (QED) is 0.885. The molecule has 0 atom stereocenters. The number of rotatable bonds is 3. The highest BCUT2D eigenvalue weighted by molar-refractivity contribution is 7.88. The molecule has 3 rings (SSSR count). The fraction of sp³-hybridized carbons (Fsp3) is 0.412. The highest BCUT2D eigenvalue weighted by atomic mass is 35.5. The summed E-state index contributed by atoms with van der Waals surface area (Å²) in [4.78, 5) is 19.1. The van der Waals surface area contributed by atoms with Gasteiger partial charge in [0.15, 0.2) is 0 Å². The number of aryl methyl sites for hydroxylation is 1. The molecule has 25 heavy (non-hydrogen) atoms. The number of carbonyl (C=O) groups is 1. The lowest BCUT2D eigenvalue weighted by molar-refractivity contribution is 0.0710. The molecule has 2 heterocycles. The smallest absolute Gasteiger partial charge is 0.255 e. The van der Waals surface area contributed by atoms with Crippen LogP contribution in [0, 0.1) is 6.92 Å². The molecule has 2 aromatic rings. The van der Waals surface area contributed by atoms with Crippen LogP contribution in [0.5, 0.6) is 0 Å². The summed E-state index contributed by atoms with van der Waals surface area (Å²) in [5, 5.41) is 1.43. The second kappa shape index (κ2) is 6.90. The van der Waals surface area contributed by atoms with Gasteiger partial charge in [0.2, 0.25) is 10.0 Å². The van der Waals surface area contributed by atoms with Gasteiger partial charge < -0.3 is 4.90 Å². The van der Waals surface area contributed by atoms with Gasteiger partial charge in [0.1, 0.15) is 0 Å². The van der Waals surface area contributed by atoms with Crippen molar-refractivity contribution in [3.63, 3.8) is 0 Å². The van der Waals surface area contributed by atoms with E-state index < -0.39 is 10.0 Å². The summed E-state index contributed by atoms with van der Waals surface area (Å²) in [7, 11) is -3.22. The summed E-state index contributed by atoms with van der Waals surface area (Å²) >= 11 is 6.03. The van der Waals surface area contributed by atoms with E-state index in [1.807, 2.05) is 19.1 Å². The number of hydrogen-bond donors (Lipinski definition) is 1. The maximum absolute atomic E-state index is 12.9. The summed E-state index contributed by atoms with van der Waals surface area (Å²) in [6, 6.07) is 7.11. The Balaban J connectivity index is 1.78. The van der Waals surface area contributed by atoms with Gasteiger partial charge in [-0.3, -0.25) is 9.78 Å². The highest BCUT2D eigenvalue weighted by Gasteiger charge is 2.26.